The molecule has 2 aromatic rings. The van der Waals surface area contributed by atoms with Gasteiger partial charge in [-0.25, -0.2) is 0 Å². The maximum atomic E-state index is 2.70. The van der Waals surface area contributed by atoms with Crippen LogP contribution in [0, 0.1) is 5.92 Å². The Bertz CT molecular complexity index is 514. The summed E-state index contributed by atoms with van der Waals surface area (Å²) in [5.74, 6) is 0.960. The van der Waals surface area contributed by atoms with Gasteiger partial charge in [0.2, 0.25) is 0 Å². The predicted molar refractivity (Wildman–Crippen MR) is 98.2 cm³/mol. The van der Waals surface area contributed by atoms with Gasteiger partial charge in [-0.15, -0.1) is 0 Å². The zero-order valence-corrected chi connectivity index (χ0v) is 14.3. The lowest BCUT2D eigenvalue weighted by Gasteiger charge is -2.37. The zero-order chi connectivity index (χ0) is 15.9. The Labute approximate surface area is 141 Å². The number of benzene rings is 2. The van der Waals surface area contributed by atoms with Crippen LogP contribution in [0.1, 0.15) is 50.2 Å². The summed E-state index contributed by atoms with van der Waals surface area (Å²) in [6, 6.07) is 22.6. The first-order valence-corrected chi connectivity index (χ1v) is 9.17. The molecule has 1 heteroatoms. The Morgan fingerprint density at radius 1 is 0.739 bits per heavy atom. The van der Waals surface area contributed by atoms with Crippen LogP contribution >= 0.6 is 0 Å². The van der Waals surface area contributed by atoms with Crippen LogP contribution in [0.15, 0.2) is 60.7 Å². The fourth-order valence-corrected chi connectivity index (χ4v) is 3.87. The molecule has 0 radical (unpaired) electrons. The van der Waals surface area contributed by atoms with E-state index in [0.717, 1.165) is 25.0 Å². The first kappa shape index (κ1) is 16.3. The van der Waals surface area contributed by atoms with Crippen molar-refractivity contribution in [2.75, 3.05) is 0 Å². The Morgan fingerprint density at radius 2 is 1.22 bits per heavy atom. The van der Waals surface area contributed by atoms with E-state index in [2.05, 4.69) is 72.5 Å². The summed E-state index contributed by atoms with van der Waals surface area (Å²) in [6.07, 6.45) is 6.88. The summed E-state index contributed by atoms with van der Waals surface area (Å²) in [5.41, 5.74) is 2.86. The van der Waals surface area contributed by atoms with Gasteiger partial charge in [-0.05, 0) is 42.7 Å². The summed E-state index contributed by atoms with van der Waals surface area (Å²) in [4.78, 5) is 2.70. The second kappa shape index (κ2) is 8.31. The standard InChI is InChI=1S/C22H29N/c1-2-19-13-15-22(16-14-19)23(17-20-9-5-3-6-10-20)18-21-11-7-4-8-12-21/h3-12,19,22H,2,13-18H2,1H3. The SMILES string of the molecule is CCC1CCC(N(Cc2ccccc2)Cc2ccccc2)CC1. The quantitative estimate of drug-likeness (QED) is 0.666. The van der Waals surface area contributed by atoms with E-state index in [9.17, 15) is 0 Å². The highest BCUT2D eigenvalue weighted by Gasteiger charge is 2.25. The molecule has 0 N–H and O–H groups in total. The van der Waals surface area contributed by atoms with Gasteiger partial charge in [-0.1, -0.05) is 74.0 Å². The van der Waals surface area contributed by atoms with E-state index in [4.69, 9.17) is 0 Å². The topological polar surface area (TPSA) is 3.24 Å². The largest absolute Gasteiger partial charge is 0.292 e. The Balaban J connectivity index is 1.70. The number of hydrogen-bond donors (Lipinski definition) is 0. The minimum Gasteiger partial charge on any atom is -0.292 e. The van der Waals surface area contributed by atoms with Crippen molar-refractivity contribution < 1.29 is 0 Å². The molecule has 0 atom stereocenters. The van der Waals surface area contributed by atoms with Gasteiger partial charge in [0, 0.05) is 19.1 Å². The zero-order valence-electron chi connectivity index (χ0n) is 14.3. The van der Waals surface area contributed by atoms with E-state index in [-0.39, 0.29) is 0 Å². The Hall–Kier alpha value is -1.60. The minimum atomic E-state index is 0.734. The third-order valence-electron chi connectivity index (χ3n) is 5.37. The third kappa shape index (κ3) is 4.68. The molecule has 3 rings (SSSR count). The fraction of sp³-hybridized carbons (Fsp3) is 0.455. The highest BCUT2D eigenvalue weighted by atomic mass is 15.2. The Morgan fingerprint density at radius 3 is 1.65 bits per heavy atom. The fourth-order valence-electron chi connectivity index (χ4n) is 3.87. The van der Waals surface area contributed by atoms with Gasteiger partial charge in [0.15, 0.2) is 0 Å². The molecule has 0 heterocycles. The summed E-state index contributed by atoms with van der Waals surface area (Å²) in [5, 5.41) is 0. The molecular formula is C22H29N. The third-order valence-corrected chi connectivity index (χ3v) is 5.37. The smallest absolute Gasteiger partial charge is 0.0240 e. The lowest BCUT2D eigenvalue weighted by molar-refractivity contribution is 0.120. The van der Waals surface area contributed by atoms with Gasteiger partial charge >= 0.3 is 0 Å². The second-order valence-corrected chi connectivity index (χ2v) is 6.96. The molecule has 0 aromatic heterocycles. The van der Waals surface area contributed by atoms with Crippen molar-refractivity contribution in [3.8, 4) is 0 Å². The molecular weight excluding hydrogens is 278 g/mol. The average Bonchev–Trinajstić information content (AvgIpc) is 2.63. The van der Waals surface area contributed by atoms with Crippen molar-refractivity contribution >= 4 is 0 Å². The molecule has 0 spiro atoms. The van der Waals surface area contributed by atoms with Crippen LogP contribution in [0.3, 0.4) is 0 Å². The number of hydrogen-bond acceptors (Lipinski definition) is 1. The van der Waals surface area contributed by atoms with Crippen molar-refractivity contribution in [2.24, 2.45) is 5.92 Å². The summed E-state index contributed by atoms with van der Waals surface area (Å²) >= 11 is 0. The normalized spacial score (nSPS) is 21.5. The molecule has 0 aliphatic heterocycles. The molecule has 1 aliphatic rings. The maximum Gasteiger partial charge on any atom is 0.0240 e. The van der Waals surface area contributed by atoms with Crippen molar-refractivity contribution in [3.05, 3.63) is 71.8 Å². The van der Waals surface area contributed by atoms with E-state index >= 15 is 0 Å². The van der Waals surface area contributed by atoms with Crippen LogP contribution in [0.5, 0.6) is 0 Å². The number of nitrogens with zero attached hydrogens (tertiary/aromatic N) is 1. The molecule has 0 bridgehead atoms. The van der Waals surface area contributed by atoms with Crippen LogP contribution in [-0.4, -0.2) is 10.9 Å². The molecule has 1 fully saturated rings. The molecule has 1 nitrogen and oxygen atoms in total. The van der Waals surface area contributed by atoms with Crippen LogP contribution in [-0.2, 0) is 13.1 Å². The molecule has 1 aliphatic carbocycles. The van der Waals surface area contributed by atoms with Gasteiger partial charge in [0.1, 0.15) is 0 Å². The summed E-state index contributed by atoms with van der Waals surface area (Å²) in [7, 11) is 0. The van der Waals surface area contributed by atoms with E-state index < -0.39 is 0 Å². The molecule has 1 saturated carbocycles. The molecule has 122 valence electrons. The molecule has 0 saturated heterocycles. The van der Waals surface area contributed by atoms with E-state index in [1.165, 1.54) is 43.2 Å². The van der Waals surface area contributed by atoms with E-state index in [0.29, 0.717) is 0 Å². The van der Waals surface area contributed by atoms with Gasteiger partial charge < -0.3 is 0 Å². The summed E-state index contributed by atoms with van der Waals surface area (Å²) < 4.78 is 0. The number of rotatable bonds is 6. The highest BCUT2D eigenvalue weighted by molar-refractivity contribution is 5.17. The highest BCUT2D eigenvalue weighted by Crippen LogP contribution is 2.31. The van der Waals surface area contributed by atoms with Crippen LogP contribution in [0.2, 0.25) is 0 Å². The lowest BCUT2D eigenvalue weighted by atomic mass is 9.83. The van der Waals surface area contributed by atoms with E-state index in [1.54, 1.807) is 0 Å². The van der Waals surface area contributed by atoms with Crippen LogP contribution < -0.4 is 0 Å². The van der Waals surface area contributed by atoms with Gasteiger partial charge in [0.25, 0.3) is 0 Å². The second-order valence-electron chi connectivity index (χ2n) is 6.96. The first-order chi connectivity index (χ1) is 11.3. The first-order valence-electron chi connectivity index (χ1n) is 9.17. The van der Waals surface area contributed by atoms with Gasteiger partial charge in [-0.2, -0.15) is 0 Å². The lowest BCUT2D eigenvalue weighted by Crippen LogP contribution is -2.37. The van der Waals surface area contributed by atoms with Crippen molar-refractivity contribution in [1.29, 1.82) is 0 Å². The van der Waals surface area contributed by atoms with Crippen LogP contribution in [0.25, 0.3) is 0 Å². The molecule has 0 amide bonds. The van der Waals surface area contributed by atoms with Gasteiger partial charge in [0.05, 0.1) is 0 Å². The van der Waals surface area contributed by atoms with Gasteiger partial charge in [-0.3, -0.25) is 4.90 Å². The molecule has 23 heavy (non-hydrogen) atoms. The summed E-state index contributed by atoms with van der Waals surface area (Å²) in [6.45, 7) is 4.48. The monoisotopic (exact) mass is 307 g/mol. The van der Waals surface area contributed by atoms with Crippen molar-refractivity contribution in [3.63, 3.8) is 0 Å². The average molecular weight is 307 g/mol. The van der Waals surface area contributed by atoms with E-state index in [1.807, 2.05) is 0 Å². The minimum absolute atomic E-state index is 0.734. The Kier molecular flexibility index (Phi) is 5.87. The molecule has 0 unspecified atom stereocenters. The van der Waals surface area contributed by atoms with Crippen LogP contribution in [0.4, 0.5) is 0 Å². The van der Waals surface area contributed by atoms with Crippen molar-refractivity contribution in [2.45, 2.75) is 58.2 Å². The molecule has 2 aromatic carbocycles. The predicted octanol–water partition coefficient (Wildman–Crippen LogP) is 5.66. The maximum absolute atomic E-state index is 2.70. The van der Waals surface area contributed by atoms with Crippen molar-refractivity contribution in [1.82, 2.24) is 4.90 Å².